The first-order valence-corrected chi connectivity index (χ1v) is 9.01. The summed E-state index contributed by atoms with van der Waals surface area (Å²) in [5, 5.41) is 13.3. The molecule has 0 aromatic carbocycles. The zero-order chi connectivity index (χ0) is 15.5. The minimum absolute atomic E-state index is 0.157. The predicted octanol–water partition coefficient (Wildman–Crippen LogP) is 3.17. The molecule has 0 radical (unpaired) electrons. The van der Waals surface area contributed by atoms with E-state index in [2.05, 4.69) is 37.9 Å². The summed E-state index contributed by atoms with van der Waals surface area (Å²) in [6, 6.07) is 0.963. The summed E-state index contributed by atoms with van der Waals surface area (Å²) in [7, 11) is 0. The molecular weight excluding hydrogens is 260 g/mol. The quantitative estimate of drug-likeness (QED) is 0.790. The van der Waals surface area contributed by atoms with Crippen LogP contribution in [-0.4, -0.2) is 47.3 Å². The molecule has 2 fully saturated rings. The van der Waals surface area contributed by atoms with Gasteiger partial charge in [-0.25, -0.2) is 0 Å². The number of likely N-dealkylation sites (tertiary alicyclic amines) is 1. The van der Waals surface area contributed by atoms with Crippen molar-refractivity contribution in [3.05, 3.63) is 0 Å². The van der Waals surface area contributed by atoms with Gasteiger partial charge in [0.2, 0.25) is 0 Å². The van der Waals surface area contributed by atoms with Gasteiger partial charge in [-0.3, -0.25) is 0 Å². The van der Waals surface area contributed by atoms with E-state index in [9.17, 15) is 5.11 Å². The van der Waals surface area contributed by atoms with Crippen LogP contribution < -0.4 is 5.32 Å². The van der Waals surface area contributed by atoms with E-state index in [1.807, 2.05) is 0 Å². The molecule has 2 aliphatic rings. The van der Waals surface area contributed by atoms with E-state index in [1.165, 1.54) is 51.6 Å². The van der Waals surface area contributed by atoms with Gasteiger partial charge in [-0.05, 0) is 64.5 Å². The van der Waals surface area contributed by atoms with Crippen molar-refractivity contribution in [2.24, 2.45) is 5.41 Å². The molecule has 1 aliphatic carbocycles. The normalized spacial score (nSPS) is 27.1. The average Bonchev–Trinajstić information content (AvgIpc) is 2.87. The largest absolute Gasteiger partial charge is 0.394 e. The molecule has 1 spiro atoms. The Kier molecular flexibility index (Phi) is 5.72. The lowest BCUT2D eigenvalue weighted by molar-refractivity contribution is 0.0557. The average molecular weight is 296 g/mol. The molecule has 1 aliphatic heterocycles. The lowest BCUT2D eigenvalue weighted by atomic mass is 9.76. The highest BCUT2D eigenvalue weighted by molar-refractivity contribution is 4.93. The van der Waals surface area contributed by atoms with Gasteiger partial charge in [-0.1, -0.05) is 26.7 Å². The van der Waals surface area contributed by atoms with Crippen LogP contribution in [0.25, 0.3) is 0 Å². The third kappa shape index (κ3) is 4.43. The van der Waals surface area contributed by atoms with Gasteiger partial charge in [0.1, 0.15) is 0 Å². The fourth-order valence-electron chi connectivity index (χ4n) is 4.71. The number of rotatable bonds is 6. The van der Waals surface area contributed by atoms with E-state index >= 15 is 0 Å². The van der Waals surface area contributed by atoms with E-state index in [0.29, 0.717) is 17.5 Å². The van der Waals surface area contributed by atoms with Gasteiger partial charge >= 0.3 is 0 Å². The van der Waals surface area contributed by atoms with Crippen molar-refractivity contribution in [2.75, 3.05) is 19.7 Å². The maximum atomic E-state index is 9.77. The van der Waals surface area contributed by atoms with Crippen LogP contribution in [0.4, 0.5) is 0 Å². The Hall–Kier alpha value is -0.120. The lowest BCUT2D eigenvalue weighted by Crippen LogP contribution is -2.54. The third-order valence-electron chi connectivity index (χ3n) is 5.88. The molecule has 2 unspecified atom stereocenters. The van der Waals surface area contributed by atoms with Crippen LogP contribution >= 0.6 is 0 Å². The Morgan fingerprint density at radius 3 is 2.14 bits per heavy atom. The van der Waals surface area contributed by atoms with E-state index < -0.39 is 0 Å². The van der Waals surface area contributed by atoms with Gasteiger partial charge < -0.3 is 15.3 Å². The van der Waals surface area contributed by atoms with Crippen molar-refractivity contribution in [3.8, 4) is 0 Å². The van der Waals surface area contributed by atoms with Gasteiger partial charge in [0.15, 0.2) is 0 Å². The number of aliphatic hydroxyl groups is 1. The second-order valence-electron chi connectivity index (χ2n) is 8.31. The second-order valence-corrected chi connectivity index (χ2v) is 8.31. The first kappa shape index (κ1) is 17.2. The summed E-state index contributed by atoms with van der Waals surface area (Å²) in [5.74, 6) is 0. The summed E-state index contributed by atoms with van der Waals surface area (Å²) < 4.78 is 0. The fourth-order valence-corrected chi connectivity index (χ4v) is 4.71. The Morgan fingerprint density at radius 1 is 1.10 bits per heavy atom. The Balaban J connectivity index is 1.84. The SMILES string of the molecule is CC(C)NC(C)(CO)CC(C)N1CCC2(CCCC2)CC1. The van der Waals surface area contributed by atoms with Gasteiger partial charge in [-0.2, -0.15) is 0 Å². The maximum Gasteiger partial charge on any atom is 0.0611 e. The molecular formula is C18H36N2O. The fraction of sp³-hybridized carbons (Fsp3) is 1.00. The van der Waals surface area contributed by atoms with E-state index in [0.717, 1.165) is 6.42 Å². The molecule has 1 saturated heterocycles. The molecule has 0 aromatic heterocycles. The molecule has 21 heavy (non-hydrogen) atoms. The van der Waals surface area contributed by atoms with E-state index in [-0.39, 0.29) is 12.1 Å². The van der Waals surface area contributed by atoms with Gasteiger partial charge in [0.25, 0.3) is 0 Å². The maximum absolute atomic E-state index is 9.77. The highest BCUT2D eigenvalue weighted by atomic mass is 16.3. The smallest absolute Gasteiger partial charge is 0.0611 e. The summed E-state index contributed by atoms with van der Waals surface area (Å²) in [6.07, 6.45) is 9.66. The first-order chi connectivity index (χ1) is 9.88. The van der Waals surface area contributed by atoms with Crippen LogP contribution in [0.2, 0.25) is 0 Å². The van der Waals surface area contributed by atoms with Crippen molar-refractivity contribution in [2.45, 2.75) is 90.3 Å². The monoisotopic (exact) mass is 296 g/mol. The highest BCUT2D eigenvalue weighted by Gasteiger charge is 2.38. The van der Waals surface area contributed by atoms with Crippen molar-refractivity contribution in [1.82, 2.24) is 10.2 Å². The third-order valence-corrected chi connectivity index (χ3v) is 5.88. The number of piperidine rings is 1. The molecule has 0 bridgehead atoms. The number of nitrogens with one attached hydrogen (secondary N) is 1. The van der Waals surface area contributed by atoms with Crippen LogP contribution in [0.3, 0.4) is 0 Å². The van der Waals surface area contributed by atoms with Crippen LogP contribution in [0, 0.1) is 5.41 Å². The summed E-state index contributed by atoms with van der Waals surface area (Å²) >= 11 is 0. The van der Waals surface area contributed by atoms with Crippen molar-refractivity contribution >= 4 is 0 Å². The van der Waals surface area contributed by atoms with Crippen LogP contribution in [0.5, 0.6) is 0 Å². The minimum Gasteiger partial charge on any atom is -0.394 e. The summed E-state index contributed by atoms with van der Waals surface area (Å²) in [4.78, 5) is 2.65. The molecule has 0 amide bonds. The molecule has 2 rings (SSSR count). The van der Waals surface area contributed by atoms with Crippen molar-refractivity contribution in [1.29, 1.82) is 0 Å². The zero-order valence-corrected chi connectivity index (χ0v) is 14.6. The van der Waals surface area contributed by atoms with Gasteiger partial charge in [-0.15, -0.1) is 0 Å². The number of hydrogen-bond acceptors (Lipinski definition) is 3. The summed E-state index contributed by atoms with van der Waals surface area (Å²) in [5.41, 5.74) is 0.544. The molecule has 3 nitrogen and oxygen atoms in total. The zero-order valence-electron chi connectivity index (χ0n) is 14.6. The Morgan fingerprint density at radius 2 is 1.67 bits per heavy atom. The molecule has 1 heterocycles. The number of aliphatic hydroxyl groups excluding tert-OH is 1. The molecule has 2 N–H and O–H groups in total. The van der Waals surface area contributed by atoms with Crippen molar-refractivity contribution in [3.63, 3.8) is 0 Å². The second kappa shape index (κ2) is 6.97. The molecule has 1 saturated carbocycles. The number of hydrogen-bond donors (Lipinski definition) is 2. The topological polar surface area (TPSA) is 35.5 Å². The van der Waals surface area contributed by atoms with E-state index in [4.69, 9.17) is 0 Å². The predicted molar refractivity (Wildman–Crippen MR) is 89.5 cm³/mol. The van der Waals surface area contributed by atoms with Gasteiger partial charge in [0, 0.05) is 17.6 Å². The molecule has 3 heteroatoms. The number of nitrogens with zero attached hydrogens (tertiary/aromatic N) is 1. The summed E-state index contributed by atoms with van der Waals surface area (Å²) in [6.45, 7) is 11.5. The van der Waals surface area contributed by atoms with Crippen LogP contribution in [0.15, 0.2) is 0 Å². The Bertz CT molecular complexity index is 315. The first-order valence-electron chi connectivity index (χ1n) is 9.01. The molecule has 124 valence electrons. The standard InChI is InChI=1S/C18H36N2O/c1-15(2)19-17(4,14-21)13-16(3)20-11-9-18(10-12-20)7-5-6-8-18/h15-16,19,21H,5-14H2,1-4H3. The van der Waals surface area contributed by atoms with Crippen LogP contribution in [-0.2, 0) is 0 Å². The van der Waals surface area contributed by atoms with Gasteiger partial charge in [0.05, 0.1) is 6.61 Å². The molecule has 2 atom stereocenters. The van der Waals surface area contributed by atoms with Crippen LogP contribution in [0.1, 0.15) is 72.6 Å². The minimum atomic E-state index is -0.157. The van der Waals surface area contributed by atoms with E-state index in [1.54, 1.807) is 0 Å². The highest BCUT2D eigenvalue weighted by Crippen LogP contribution is 2.46. The lowest BCUT2D eigenvalue weighted by Gasteiger charge is -2.44. The Labute approximate surface area is 131 Å². The van der Waals surface area contributed by atoms with Crippen molar-refractivity contribution < 1.29 is 5.11 Å². The molecule has 0 aromatic rings.